The van der Waals surface area contributed by atoms with E-state index in [9.17, 15) is 4.79 Å². The van der Waals surface area contributed by atoms with E-state index in [2.05, 4.69) is 18.7 Å². The molecule has 2 heteroatoms. The number of hydrogen-bond acceptors (Lipinski definition) is 2. The fourth-order valence-corrected chi connectivity index (χ4v) is 3.22. The number of carbonyl (C=O) groups excluding carboxylic acids is 1. The Hall–Kier alpha value is -0.370. The molecule has 0 spiro atoms. The number of ketones is 1. The third kappa shape index (κ3) is 2.60. The lowest BCUT2D eigenvalue weighted by molar-refractivity contribution is -0.121. The van der Waals surface area contributed by atoms with Gasteiger partial charge in [0, 0.05) is 24.9 Å². The predicted molar refractivity (Wildman–Crippen MR) is 61.8 cm³/mol. The molecule has 2 nitrogen and oxygen atoms in total. The fourth-order valence-electron chi connectivity index (χ4n) is 3.22. The molecule has 1 aliphatic carbocycles. The minimum Gasteiger partial charge on any atom is -0.300 e. The Kier molecular flexibility index (Phi) is 3.45. The Labute approximate surface area is 93.0 Å². The molecule has 2 atom stereocenters. The maximum atomic E-state index is 11.2. The molecule has 0 bridgehead atoms. The van der Waals surface area contributed by atoms with Crippen molar-refractivity contribution in [3.63, 3.8) is 0 Å². The van der Waals surface area contributed by atoms with Crippen LogP contribution in [0.5, 0.6) is 0 Å². The quantitative estimate of drug-likeness (QED) is 0.661. The van der Waals surface area contributed by atoms with Gasteiger partial charge in [0.2, 0.25) is 0 Å². The minimum atomic E-state index is 0.476. The molecular formula is C13H23NO. The summed E-state index contributed by atoms with van der Waals surface area (Å²) in [5, 5.41) is 0. The van der Waals surface area contributed by atoms with Crippen molar-refractivity contribution in [2.45, 2.75) is 64.5 Å². The van der Waals surface area contributed by atoms with E-state index in [0.29, 0.717) is 11.8 Å². The molecule has 0 radical (unpaired) electrons. The van der Waals surface area contributed by atoms with E-state index in [1.54, 1.807) is 0 Å². The number of Topliss-reactive ketones (excluding diaryl/α,β-unsaturated/α-hetero) is 1. The standard InChI is InChI=1S/C13H23NO/c1-10-7-8-14(11(2)9-10)12-3-5-13(15)6-4-12/h10-12H,3-9H2,1-2H3. The van der Waals surface area contributed by atoms with Crippen LogP contribution in [0.3, 0.4) is 0 Å². The zero-order valence-corrected chi connectivity index (χ0v) is 10.0. The van der Waals surface area contributed by atoms with Gasteiger partial charge in [-0.25, -0.2) is 0 Å². The van der Waals surface area contributed by atoms with Crippen LogP contribution in [-0.2, 0) is 4.79 Å². The number of hydrogen-bond donors (Lipinski definition) is 0. The largest absolute Gasteiger partial charge is 0.300 e. The fraction of sp³-hybridized carbons (Fsp3) is 0.923. The molecule has 1 saturated carbocycles. The van der Waals surface area contributed by atoms with Crippen LogP contribution in [0, 0.1) is 5.92 Å². The van der Waals surface area contributed by atoms with Gasteiger partial charge in [0.05, 0.1) is 0 Å². The van der Waals surface area contributed by atoms with Crippen LogP contribution in [-0.4, -0.2) is 29.3 Å². The van der Waals surface area contributed by atoms with Gasteiger partial charge in [-0.2, -0.15) is 0 Å². The number of likely N-dealkylation sites (tertiary alicyclic amines) is 1. The lowest BCUT2D eigenvalue weighted by atomic mass is 9.87. The first-order chi connectivity index (χ1) is 7.16. The van der Waals surface area contributed by atoms with E-state index in [0.717, 1.165) is 37.6 Å². The number of piperidine rings is 1. The van der Waals surface area contributed by atoms with Crippen LogP contribution < -0.4 is 0 Å². The van der Waals surface area contributed by atoms with Crippen LogP contribution in [0.4, 0.5) is 0 Å². The topological polar surface area (TPSA) is 20.3 Å². The van der Waals surface area contributed by atoms with E-state index in [1.807, 2.05) is 0 Å². The summed E-state index contributed by atoms with van der Waals surface area (Å²) >= 11 is 0. The second-order valence-corrected chi connectivity index (χ2v) is 5.49. The predicted octanol–water partition coefficient (Wildman–Crippen LogP) is 2.62. The lowest BCUT2D eigenvalue weighted by Gasteiger charge is -2.43. The second kappa shape index (κ2) is 4.65. The van der Waals surface area contributed by atoms with Crippen molar-refractivity contribution < 1.29 is 4.79 Å². The third-order valence-corrected chi connectivity index (χ3v) is 4.17. The minimum absolute atomic E-state index is 0.476. The van der Waals surface area contributed by atoms with Gasteiger partial charge in [-0.3, -0.25) is 9.69 Å². The summed E-state index contributed by atoms with van der Waals surface area (Å²) in [6.45, 7) is 5.96. The van der Waals surface area contributed by atoms with Crippen LogP contribution in [0.25, 0.3) is 0 Å². The molecule has 2 rings (SSSR count). The highest BCUT2D eigenvalue weighted by Gasteiger charge is 2.30. The van der Waals surface area contributed by atoms with Gasteiger partial charge in [-0.15, -0.1) is 0 Å². The smallest absolute Gasteiger partial charge is 0.133 e. The highest BCUT2D eigenvalue weighted by atomic mass is 16.1. The molecule has 15 heavy (non-hydrogen) atoms. The van der Waals surface area contributed by atoms with Crippen LogP contribution >= 0.6 is 0 Å². The molecule has 0 aromatic rings. The molecule has 0 aromatic carbocycles. The van der Waals surface area contributed by atoms with Crippen molar-refractivity contribution in [1.29, 1.82) is 0 Å². The first-order valence-electron chi connectivity index (χ1n) is 6.44. The van der Waals surface area contributed by atoms with Crippen LogP contribution in [0.15, 0.2) is 0 Å². The number of carbonyl (C=O) groups is 1. The van der Waals surface area contributed by atoms with Gasteiger partial charge in [0.25, 0.3) is 0 Å². The summed E-state index contributed by atoms with van der Waals surface area (Å²) < 4.78 is 0. The van der Waals surface area contributed by atoms with Crippen molar-refractivity contribution in [1.82, 2.24) is 4.90 Å². The first kappa shape index (κ1) is 11.1. The maximum Gasteiger partial charge on any atom is 0.133 e. The maximum absolute atomic E-state index is 11.2. The molecule has 2 fully saturated rings. The second-order valence-electron chi connectivity index (χ2n) is 5.49. The number of rotatable bonds is 1. The van der Waals surface area contributed by atoms with Crippen LogP contribution in [0.2, 0.25) is 0 Å². The number of nitrogens with zero attached hydrogens (tertiary/aromatic N) is 1. The molecule has 86 valence electrons. The lowest BCUT2D eigenvalue weighted by Crippen LogP contribution is -2.47. The van der Waals surface area contributed by atoms with Gasteiger partial charge in [0.1, 0.15) is 5.78 Å². The van der Waals surface area contributed by atoms with E-state index in [4.69, 9.17) is 0 Å². The first-order valence-corrected chi connectivity index (χ1v) is 6.44. The molecule has 0 amide bonds. The molecule has 0 aromatic heterocycles. The summed E-state index contributed by atoms with van der Waals surface area (Å²) in [7, 11) is 0. The SMILES string of the molecule is CC1CCN(C2CCC(=O)CC2)C(C)C1. The van der Waals surface area contributed by atoms with E-state index in [1.165, 1.54) is 19.4 Å². The zero-order valence-electron chi connectivity index (χ0n) is 10.0. The van der Waals surface area contributed by atoms with E-state index < -0.39 is 0 Å². The normalized spacial score (nSPS) is 35.7. The van der Waals surface area contributed by atoms with E-state index >= 15 is 0 Å². The Bertz CT molecular complexity index is 229. The average molecular weight is 209 g/mol. The van der Waals surface area contributed by atoms with Gasteiger partial charge < -0.3 is 0 Å². The molecule has 1 heterocycles. The van der Waals surface area contributed by atoms with Crippen molar-refractivity contribution in [2.24, 2.45) is 5.92 Å². The van der Waals surface area contributed by atoms with E-state index in [-0.39, 0.29) is 0 Å². The van der Waals surface area contributed by atoms with Crippen molar-refractivity contribution in [3.05, 3.63) is 0 Å². The summed E-state index contributed by atoms with van der Waals surface area (Å²) in [5.74, 6) is 1.37. The Morgan fingerprint density at radius 1 is 1.13 bits per heavy atom. The molecule has 2 unspecified atom stereocenters. The van der Waals surface area contributed by atoms with Crippen molar-refractivity contribution in [2.75, 3.05) is 6.54 Å². The third-order valence-electron chi connectivity index (χ3n) is 4.17. The molecule has 2 aliphatic rings. The highest BCUT2D eigenvalue weighted by molar-refractivity contribution is 5.79. The van der Waals surface area contributed by atoms with Gasteiger partial charge in [-0.1, -0.05) is 6.92 Å². The zero-order chi connectivity index (χ0) is 10.8. The molecule has 1 saturated heterocycles. The van der Waals surface area contributed by atoms with Gasteiger partial charge in [-0.05, 0) is 45.1 Å². The van der Waals surface area contributed by atoms with Crippen molar-refractivity contribution >= 4 is 5.78 Å². The molecule has 0 N–H and O–H groups in total. The van der Waals surface area contributed by atoms with Crippen molar-refractivity contribution in [3.8, 4) is 0 Å². The summed E-state index contributed by atoms with van der Waals surface area (Å²) in [6, 6.07) is 1.43. The average Bonchev–Trinajstić information content (AvgIpc) is 2.20. The monoisotopic (exact) mass is 209 g/mol. The Morgan fingerprint density at radius 2 is 1.80 bits per heavy atom. The van der Waals surface area contributed by atoms with Gasteiger partial charge in [0.15, 0.2) is 0 Å². The Balaban J connectivity index is 1.90. The summed E-state index contributed by atoms with van der Waals surface area (Å²) in [6.07, 6.45) is 6.54. The highest BCUT2D eigenvalue weighted by Crippen LogP contribution is 2.29. The molecular weight excluding hydrogens is 186 g/mol. The summed E-state index contributed by atoms with van der Waals surface area (Å²) in [4.78, 5) is 13.9. The van der Waals surface area contributed by atoms with Gasteiger partial charge >= 0.3 is 0 Å². The Morgan fingerprint density at radius 3 is 2.40 bits per heavy atom. The van der Waals surface area contributed by atoms with Crippen LogP contribution in [0.1, 0.15) is 52.4 Å². The summed E-state index contributed by atoms with van der Waals surface area (Å²) in [5.41, 5.74) is 0. The molecule has 1 aliphatic heterocycles.